The van der Waals surface area contributed by atoms with Crippen LogP contribution in [-0.2, 0) is 16.0 Å². The topological polar surface area (TPSA) is 62.7 Å². The molecule has 6 nitrogen and oxygen atoms in total. The summed E-state index contributed by atoms with van der Waals surface area (Å²) in [5.74, 6) is 0.496. The lowest BCUT2D eigenvalue weighted by molar-refractivity contribution is -0.144. The van der Waals surface area contributed by atoms with Crippen LogP contribution in [0.2, 0.25) is 0 Å². The van der Waals surface area contributed by atoms with Crippen LogP contribution in [-0.4, -0.2) is 66.0 Å². The molecule has 2 aliphatic rings. The lowest BCUT2D eigenvalue weighted by Gasteiger charge is -2.41. The van der Waals surface area contributed by atoms with Crippen LogP contribution in [0.4, 0.5) is 0 Å². The third-order valence-electron chi connectivity index (χ3n) is 7.51. The van der Waals surface area contributed by atoms with Crippen LogP contribution in [0.1, 0.15) is 35.7 Å². The molecule has 1 unspecified atom stereocenters. The van der Waals surface area contributed by atoms with Crippen molar-refractivity contribution in [3.8, 4) is 0 Å². The fraction of sp³-hybridized carbons (Fsp3) is 0.414. The van der Waals surface area contributed by atoms with Crippen LogP contribution in [0.3, 0.4) is 0 Å². The molecule has 1 atom stereocenters. The standard InChI is InChI=1S/C29H33N3O3/c1-29(11-14-31(15-12-29)27(33)24-6-3-2-4-7-24)28(34)32-16-17-35-21-23(20-32)18-22-9-10-26-25(19-22)8-5-13-30-26/h2-10,13,19,23H,11-12,14-18,20-21H2,1H3. The number of nitrogens with zero attached hydrogens (tertiary/aromatic N) is 3. The number of likely N-dealkylation sites (tertiary alicyclic amines) is 1. The Morgan fingerprint density at radius 2 is 1.80 bits per heavy atom. The Kier molecular flexibility index (Phi) is 6.82. The van der Waals surface area contributed by atoms with Crippen molar-refractivity contribution in [1.29, 1.82) is 0 Å². The third-order valence-corrected chi connectivity index (χ3v) is 7.51. The highest BCUT2D eigenvalue weighted by Crippen LogP contribution is 2.34. The molecule has 2 aromatic carbocycles. The van der Waals surface area contributed by atoms with Gasteiger partial charge in [-0.2, -0.15) is 0 Å². The quantitative estimate of drug-likeness (QED) is 0.572. The highest BCUT2D eigenvalue weighted by atomic mass is 16.5. The van der Waals surface area contributed by atoms with Crippen LogP contribution in [0.15, 0.2) is 66.9 Å². The van der Waals surface area contributed by atoms with Crippen LogP contribution >= 0.6 is 0 Å². The second kappa shape index (κ2) is 10.2. The van der Waals surface area contributed by atoms with Crippen LogP contribution < -0.4 is 0 Å². The highest BCUT2D eigenvalue weighted by Gasteiger charge is 2.41. The number of hydrogen-bond donors (Lipinski definition) is 0. The Balaban J connectivity index is 1.22. The van der Waals surface area contributed by atoms with Gasteiger partial charge in [-0.05, 0) is 55.2 Å². The summed E-state index contributed by atoms with van der Waals surface area (Å²) < 4.78 is 5.91. The molecule has 3 heterocycles. The molecule has 182 valence electrons. The van der Waals surface area contributed by atoms with E-state index in [1.54, 1.807) is 0 Å². The lowest BCUT2D eigenvalue weighted by Crippen LogP contribution is -2.51. The molecular formula is C29H33N3O3. The number of pyridine rings is 1. The molecule has 6 heteroatoms. The zero-order valence-electron chi connectivity index (χ0n) is 20.4. The fourth-order valence-electron chi connectivity index (χ4n) is 5.34. The lowest BCUT2D eigenvalue weighted by atomic mass is 9.78. The van der Waals surface area contributed by atoms with Gasteiger partial charge in [-0.1, -0.05) is 37.3 Å². The normalized spacial score (nSPS) is 20.4. The van der Waals surface area contributed by atoms with E-state index >= 15 is 0 Å². The van der Waals surface area contributed by atoms with Gasteiger partial charge in [-0.3, -0.25) is 14.6 Å². The molecule has 0 radical (unpaired) electrons. The first-order chi connectivity index (χ1) is 17.0. The van der Waals surface area contributed by atoms with E-state index in [4.69, 9.17) is 4.74 Å². The van der Waals surface area contributed by atoms with Gasteiger partial charge in [0.2, 0.25) is 5.91 Å². The van der Waals surface area contributed by atoms with Gasteiger partial charge >= 0.3 is 0 Å². The number of carbonyl (C=O) groups excluding carboxylic acids is 2. The third kappa shape index (κ3) is 5.22. The summed E-state index contributed by atoms with van der Waals surface area (Å²) in [4.78, 5) is 34.8. The number of ether oxygens (including phenoxy) is 1. The maximum atomic E-state index is 13.7. The van der Waals surface area contributed by atoms with E-state index in [2.05, 4.69) is 36.2 Å². The van der Waals surface area contributed by atoms with Gasteiger partial charge < -0.3 is 14.5 Å². The summed E-state index contributed by atoms with van der Waals surface area (Å²) in [7, 11) is 0. The van der Waals surface area contributed by atoms with E-state index in [1.165, 1.54) is 5.56 Å². The molecule has 35 heavy (non-hydrogen) atoms. The molecule has 1 aromatic heterocycles. The number of benzene rings is 2. The smallest absolute Gasteiger partial charge is 0.253 e. The number of aromatic nitrogens is 1. The largest absolute Gasteiger partial charge is 0.379 e. The van der Waals surface area contributed by atoms with Crippen molar-refractivity contribution >= 4 is 22.7 Å². The maximum absolute atomic E-state index is 13.7. The summed E-state index contributed by atoms with van der Waals surface area (Å²) >= 11 is 0. The first-order valence-corrected chi connectivity index (χ1v) is 12.6. The van der Waals surface area contributed by atoms with Crippen molar-refractivity contribution in [1.82, 2.24) is 14.8 Å². The summed E-state index contributed by atoms with van der Waals surface area (Å²) in [5.41, 5.74) is 2.50. The Bertz CT molecular complexity index is 1190. The van der Waals surface area contributed by atoms with Crippen molar-refractivity contribution in [2.45, 2.75) is 26.2 Å². The second-order valence-electron chi connectivity index (χ2n) is 10.1. The fourth-order valence-corrected chi connectivity index (χ4v) is 5.34. The number of fused-ring (bicyclic) bond motifs is 1. The minimum absolute atomic E-state index is 0.0499. The Morgan fingerprint density at radius 3 is 2.60 bits per heavy atom. The summed E-state index contributed by atoms with van der Waals surface area (Å²) in [6.07, 6.45) is 4.05. The van der Waals surface area contributed by atoms with E-state index in [9.17, 15) is 9.59 Å². The van der Waals surface area contributed by atoms with Gasteiger partial charge in [0, 0.05) is 54.7 Å². The van der Waals surface area contributed by atoms with Crippen molar-refractivity contribution < 1.29 is 14.3 Å². The Morgan fingerprint density at radius 1 is 1.00 bits per heavy atom. The van der Waals surface area contributed by atoms with Crippen LogP contribution in [0, 0.1) is 11.3 Å². The first kappa shape index (κ1) is 23.5. The van der Waals surface area contributed by atoms with E-state index in [0.717, 1.165) is 17.3 Å². The average molecular weight is 472 g/mol. The Hall–Kier alpha value is -3.25. The SMILES string of the molecule is CC1(C(=O)N2CCOCC(Cc3ccc4ncccc4c3)C2)CCN(C(=O)c2ccccc2)CC1. The molecule has 2 fully saturated rings. The summed E-state index contributed by atoms with van der Waals surface area (Å²) in [6.45, 7) is 5.83. The molecule has 3 aromatic rings. The molecule has 2 aliphatic heterocycles. The zero-order valence-corrected chi connectivity index (χ0v) is 20.4. The van der Waals surface area contributed by atoms with Crippen molar-refractivity contribution in [3.05, 3.63) is 78.0 Å². The molecule has 0 saturated carbocycles. The number of hydrogen-bond acceptors (Lipinski definition) is 4. The first-order valence-electron chi connectivity index (χ1n) is 12.6. The molecule has 0 N–H and O–H groups in total. The highest BCUT2D eigenvalue weighted by molar-refractivity contribution is 5.94. The maximum Gasteiger partial charge on any atom is 0.253 e. The Labute approximate surface area is 206 Å². The van der Waals surface area contributed by atoms with Gasteiger partial charge in [0.15, 0.2) is 0 Å². The van der Waals surface area contributed by atoms with E-state index in [0.29, 0.717) is 57.8 Å². The molecule has 0 bridgehead atoms. The van der Waals surface area contributed by atoms with Gasteiger partial charge in [0.1, 0.15) is 0 Å². The summed E-state index contributed by atoms with van der Waals surface area (Å²) in [6, 6.07) is 19.8. The molecule has 5 rings (SSSR count). The predicted octanol–water partition coefficient (Wildman–Crippen LogP) is 4.19. The molecular weight excluding hydrogens is 438 g/mol. The van der Waals surface area contributed by atoms with Crippen molar-refractivity contribution in [2.75, 3.05) is 39.4 Å². The number of rotatable bonds is 4. The van der Waals surface area contributed by atoms with Crippen molar-refractivity contribution in [3.63, 3.8) is 0 Å². The van der Waals surface area contributed by atoms with Crippen molar-refractivity contribution in [2.24, 2.45) is 11.3 Å². The summed E-state index contributed by atoms with van der Waals surface area (Å²) in [5, 5.41) is 1.14. The minimum Gasteiger partial charge on any atom is -0.379 e. The van der Waals surface area contributed by atoms with Crippen LogP contribution in [0.25, 0.3) is 10.9 Å². The monoisotopic (exact) mass is 471 g/mol. The van der Waals surface area contributed by atoms with Crippen LogP contribution in [0.5, 0.6) is 0 Å². The molecule has 0 spiro atoms. The van der Waals surface area contributed by atoms with Gasteiger partial charge in [0.05, 0.1) is 18.7 Å². The van der Waals surface area contributed by atoms with E-state index in [-0.39, 0.29) is 17.7 Å². The van der Waals surface area contributed by atoms with Gasteiger partial charge in [-0.25, -0.2) is 0 Å². The number of amides is 2. The minimum atomic E-state index is -0.447. The second-order valence-corrected chi connectivity index (χ2v) is 10.1. The van der Waals surface area contributed by atoms with Gasteiger partial charge in [0.25, 0.3) is 5.91 Å². The zero-order chi connectivity index (χ0) is 24.3. The predicted molar refractivity (Wildman–Crippen MR) is 136 cm³/mol. The molecule has 0 aliphatic carbocycles. The van der Waals surface area contributed by atoms with E-state index < -0.39 is 5.41 Å². The number of piperidine rings is 1. The average Bonchev–Trinajstić information content (AvgIpc) is 3.14. The van der Waals surface area contributed by atoms with Gasteiger partial charge in [-0.15, -0.1) is 0 Å². The van der Waals surface area contributed by atoms with E-state index in [1.807, 2.05) is 52.4 Å². The molecule has 2 saturated heterocycles. The molecule has 2 amide bonds. The number of carbonyl (C=O) groups is 2.